The first-order valence-electron chi connectivity index (χ1n) is 7.01. The Morgan fingerprint density at radius 3 is 2.45 bits per heavy atom. The third-order valence-corrected chi connectivity index (χ3v) is 6.47. The molecule has 1 fully saturated rings. The summed E-state index contributed by atoms with van der Waals surface area (Å²) in [6.45, 7) is 5.33. The zero-order valence-electron chi connectivity index (χ0n) is 13.2. The number of methoxy groups -OCH3 is 1. The lowest BCUT2D eigenvalue weighted by Crippen LogP contribution is -2.35. The Bertz CT molecular complexity index is 713. The number of carbonyl (C=O) groups is 1. The van der Waals surface area contributed by atoms with Gasteiger partial charge >= 0.3 is 5.97 Å². The van der Waals surface area contributed by atoms with E-state index in [9.17, 15) is 18.3 Å². The first-order chi connectivity index (χ1) is 10.1. The molecule has 0 radical (unpaired) electrons. The van der Waals surface area contributed by atoms with Crippen LogP contribution in [0.3, 0.4) is 0 Å². The van der Waals surface area contributed by atoms with E-state index in [0.717, 1.165) is 5.56 Å². The molecular weight excluding hydrogens is 306 g/mol. The Hall–Kier alpha value is -1.60. The lowest BCUT2D eigenvalue weighted by atomic mass is 9.90. The Morgan fingerprint density at radius 1 is 1.32 bits per heavy atom. The molecule has 1 saturated heterocycles. The van der Waals surface area contributed by atoms with Crippen LogP contribution in [0, 0.1) is 19.3 Å². The van der Waals surface area contributed by atoms with Gasteiger partial charge in [0.1, 0.15) is 5.75 Å². The minimum atomic E-state index is -3.71. The van der Waals surface area contributed by atoms with E-state index in [0.29, 0.717) is 17.7 Å². The maximum Gasteiger partial charge on any atom is 0.310 e. The number of hydrogen-bond donors (Lipinski definition) is 1. The van der Waals surface area contributed by atoms with Crippen molar-refractivity contribution in [3.63, 3.8) is 0 Å². The van der Waals surface area contributed by atoms with Gasteiger partial charge in [0, 0.05) is 13.1 Å². The van der Waals surface area contributed by atoms with Crippen LogP contribution in [-0.4, -0.2) is 44.0 Å². The Labute approximate surface area is 130 Å². The van der Waals surface area contributed by atoms with Gasteiger partial charge in [-0.2, -0.15) is 4.31 Å². The van der Waals surface area contributed by atoms with Gasteiger partial charge in [-0.05, 0) is 50.5 Å². The summed E-state index contributed by atoms with van der Waals surface area (Å²) in [4.78, 5) is 11.5. The lowest BCUT2D eigenvalue weighted by Gasteiger charge is -2.21. The highest BCUT2D eigenvalue weighted by Gasteiger charge is 2.45. The molecule has 1 aromatic rings. The minimum absolute atomic E-state index is 0.00478. The van der Waals surface area contributed by atoms with Crippen LogP contribution in [0.25, 0.3) is 0 Å². The fourth-order valence-corrected chi connectivity index (χ4v) is 4.55. The summed E-state index contributed by atoms with van der Waals surface area (Å²) in [6.07, 6.45) is 0.315. The van der Waals surface area contributed by atoms with Crippen LogP contribution in [0.2, 0.25) is 0 Å². The van der Waals surface area contributed by atoms with Gasteiger partial charge in [0.25, 0.3) is 0 Å². The molecule has 2 rings (SSSR count). The van der Waals surface area contributed by atoms with Crippen LogP contribution >= 0.6 is 0 Å². The summed E-state index contributed by atoms with van der Waals surface area (Å²) in [5.41, 5.74) is 0.370. The van der Waals surface area contributed by atoms with Crippen LogP contribution in [0.5, 0.6) is 5.75 Å². The number of aliphatic carboxylic acids is 1. The van der Waals surface area contributed by atoms with Crippen molar-refractivity contribution < 1.29 is 23.1 Å². The van der Waals surface area contributed by atoms with Crippen molar-refractivity contribution in [2.45, 2.75) is 32.1 Å². The normalized spacial score (nSPS) is 22.7. The molecule has 0 aliphatic carbocycles. The number of rotatable bonds is 4. The molecule has 22 heavy (non-hydrogen) atoms. The van der Waals surface area contributed by atoms with Crippen molar-refractivity contribution >= 4 is 16.0 Å². The molecule has 0 amide bonds. The van der Waals surface area contributed by atoms with Crippen molar-refractivity contribution in [2.75, 3.05) is 20.2 Å². The number of carboxylic acid groups (broad SMARTS) is 1. The minimum Gasteiger partial charge on any atom is -0.496 e. The van der Waals surface area contributed by atoms with Crippen molar-refractivity contribution in [2.24, 2.45) is 5.41 Å². The van der Waals surface area contributed by atoms with Gasteiger partial charge in [-0.3, -0.25) is 4.79 Å². The van der Waals surface area contributed by atoms with Gasteiger partial charge in [-0.15, -0.1) is 0 Å². The monoisotopic (exact) mass is 327 g/mol. The molecule has 0 saturated carbocycles. The van der Waals surface area contributed by atoms with E-state index < -0.39 is 21.4 Å². The van der Waals surface area contributed by atoms with Crippen molar-refractivity contribution in [1.82, 2.24) is 4.31 Å². The predicted octanol–water partition coefficient (Wildman–Crippen LogP) is 1.80. The summed E-state index contributed by atoms with van der Waals surface area (Å²) in [7, 11) is -2.17. The summed E-state index contributed by atoms with van der Waals surface area (Å²) in [5, 5.41) is 9.26. The predicted molar refractivity (Wildman–Crippen MR) is 81.6 cm³/mol. The molecule has 0 spiro atoms. The third-order valence-electron chi connectivity index (χ3n) is 4.48. The molecule has 6 nitrogen and oxygen atoms in total. The summed E-state index contributed by atoms with van der Waals surface area (Å²) < 4.78 is 32.1. The second kappa shape index (κ2) is 5.55. The smallest absolute Gasteiger partial charge is 0.310 e. The van der Waals surface area contributed by atoms with Crippen molar-refractivity contribution in [1.29, 1.82) is 0 Å². The van der Waals surface area contributed by atoms with Gasteiger partial charge in [-0.25, -0.2) is 8.42 Å². The molecule has 1 atom stereocenters. The van der Waals surface area contributed by atoms with Gasteiger partial charge in [0.2, 0.25) is 10.0 Å². The van der Waals surface area contributed by atoms with E-state index >= 15 is 0 Å². The highest BCUT2D eigenvalue weighted by molar-refractivity contribution is 7.89. The molecular formula is C15H21NO5S. The Morgan fingerprint density at radius 2 is 1.95 bits per heavy atom. The van der Waals surface area contributed by atoms with Crippen LogP contribution in [0.4, 0.5) is 0 Å². The fourth-order valence-electron chi connectivity index (χ4n) is 2.71. The van der Waals surface area contributed by atoms with Crippen molar-refractivity contribution in [3.05, 3.63) is 23.3 Å². The first kappa shape index (κ1) is 16.8. The molecule has 0 bridgehead atoms. The third kappa shape index (κ3) is 2.59. The zero-order chi connectivity index (χ0) is 16.7. The van der Waals surface area contributed by atoms with E-state index in [2.05, 4.69) is 0 Å². The maximum atomic E-state index is 12.8. The van der Waals surface area contributed by atoms with Crippen molar-refractivity contribution in [3.8, 4) is 5.75 Å². The molecule has 1 aliphatic heterocycles. The molecule has 0 aromatic heterocycles. The largest absolute Gasteiger partial charge is 0.496 e. The number of sulfonamides is 1. The average molecular weight is 327 g/mol. The SMILES string of the molecule is COc1ccc(S(=O)(=O)N2CCC(C)(C(=O)O)C2)c(C)c1C. The summed E-state index contributed by atoms with van der Waals surface area (Å²) in [6, 6.07) is 3.15. The topological polar surface area (TPSA) is 83.9 Å². The average Bonchev–Trinajstić information content (AvgIpc) is 2.86. The summed E-state index contributed by atoms with van der Waals surface area (Å²) >= 11 is 0. The number of benzene rings is 1. The van der Waals surface area contributed by atoms with E-state index in [-0.39, 0.29) is 18.0 Å². The molecule has 1 aromatic carbocycles. The molecule has 1 aliphatic rings. The molecule has 1 unspecified atom stereocenters. The second-order valence-electron chi connectivity index (χ2n) is 5.97. The molecule has 1 N–H and O–H groups in total. The maximum absolute atomic E-state index is 12.8. The van der Waals surface area contributed by atoms with E-state index in [1.165, 1.54) is 17.5 Å². The van der Waals surface area contributed by atoms with Gasteiger partial charge in [0.05, 0.1) is 17.4 Å². The number of carboxylic acids is 1. The Kier molecular flexibility index (Phi) is 4.23. The second-order valence-corrected chi connectivity index (χ2v) is 7.88. The number of hydrogen-bond acceptors (Lipinski definition) is 4. The van der Waals surface area contributed by atoms with E-state index in [1.807, 2.05) is 0 Å². The lowest BCUT2D eigenvalue weighted by molar-refractivity contribution is -0.146. The molecule has 122 valence electrons. The zero-order valence-corrected chi connectivity index (χ0v) is 14.0. The van der Waals surface area contributed by atoms with Gasteiger partial charge in [0.15, 0.2) is 0 Å². The van der Waals surface area contributed by atoms with Crippen LogP contribution < -0.4 is 4.74 Å². The fraction of sp³-hybridized carbons (Fsp3) is 0.533. The number of ether oxygens (including phenoxy) is 1. The van der Waals surface area contributed by atoms with Crippen LogP contribution in [-0.2, 0) is 14.8 Å². The highest BCUT2D eigenvalue weighted by atomic mass is 32.2. The van der Waals surface area contributed by atoms with E-state index in [1.54, 1.807) is 26.8 Å². The number of nitrogens with zero attached hydrogens (tertiary/aromatic N) is 1. The van der Waals surface area contributed by atoms with E-state index in [4.69, 9.17) is 4.74 Å². The standard InChI is InChI=1S/C15H21NO5S/c1-10-11(2)13(6-5-12(10)21-4)22(19,20)16-8-7-15(3,9-16)14(17)18/h5-6H,7-9H2,1-4H3,(H,17,18). The van der Waals surface area contributed by atoms with Crippen LogP contribution in [0.1, 0.15) is 24.5 Å². The van der Waals surface area contributed by atoms with Crippen LogP contribution in [0.15, 0.2) is 17.0 Å². The van der Waals surface area contributed by atoms with Gasteiger partial charge < -0.3 is 9.84 Å². The quantitative estimate of drug-likeness (QED) is 0.911. The molecule has 1 heterocycles. The highest BCUT2D eigenvalue weighted by Crippen LogP contribution is 2.35. The first-order valence-corrected chi connectivity index (χ1v) is 8.45. The molecule has 7 heteroatoms. The van der Waals surface area contributed by atoms with Gasteiger partial charge in [-0.1, -0.05) is 0 Å². The summed E-state index contributed by atoms with van der Waals surface area (Å²) in [5.74, 6) is -0.332. The Balaban J connectivity index is 2.41.